The van der Waals surface area contributed by atoms with Gasteiger partial charge in [0.05, 0.1) is 18.7 Å². The number of likely N-dealkylation sites (tertiary alicyclic amines) is 1. The van der Waals surface area contributed by atoms with Crippen molar-refractivity contribution >= 4 is 11.0 Å². The molecule has 1 saturated heterocycles. The summed E-state index contributed by atoms with van der Waals surface area (Å²) in [5, 5.41) is 11.9. The number of fused-ring (bicyclic) bond motifs is 3. The van der Waals surface area contributed by atoms with Crippen LogP contribution in [0.2, 0.25) is 0 Å². The first-order valence-corrected chi connectivity index (χ1v) is 8.76. The minimum Gasteiger partial charge on any atom is -0.484 e. The summed E-state index contributed by atoms with van der Waals surface area (Å²) in [4.78, 5) is 13.1. The van der Waals surface area contributed by atoms with E-state index in [0.29, 0.717) is 5.58 Å². The van der Waals surface area contributed by atoms with Crippen LogP contribution in [-0.2, 0) is 0 Å². The van der Waals surface area contributed by atoms with Crippen LogP contribution >= 0.6 is 0 Å². The van der Waals surface area contributed by atoms with Gasteiger partial charge in [-0.15, -0.1) is 0 Å². The first kappa shape index (κ1) is 15.7. The Kier molecular flexibility index (Phi) is 3.66. The van der Waals surface area contributed by atoms with E-state index in [9.17, 15) is 9.90 Å². The van der Waals surface area contributed by atoms with Crippen LogP contribution in [0.25, 0.3) is 11.0 Å². The molecule has 5 heteroatoms. The SMILES string of the molecule is CC1(C)Oc2ccc3ccc(=O)oc3c2C([NH+]2CCCCC2)C1O. The maximum atomic E-state index is 11.8. The molecule has 0 radical (unpaired) electrons. The van der Waals surface area contributed by atoms with E-state index in [4.69, 9.17) is 9.15 Å². The summed E-state index contributed by atoms with van der Waals surface area (Å²) in [6.07, 6.45) is 2.89. The van der Waals surface area contributed by atoms with Gasteiger partial charge in [0.25, 0.3) is 0 Å². The van der Waals surface area contributed by atoms with Crippen molar-refractivity contribution < 1.29 is 19.2 Å². The molecule has 2 N–H and O–H groups in total. The lowest BCUT2D eigenvalue weighted by Crippen LogP contribution is -3.14. The average Bonchev–Trinajstić information content (AvgIpc) is 2.56. The van der Waals surface area contributed by atoms with Crippen molar-refractivity contribution in [1.82, 2.24) is 0 Å². The standard InChI is InChI=1S/C19H23NO4/c1-19(2)18(22)16(20-10-4-3-5-11-20)15-13(24-19)8-6-12-7-9-14(21)23-17(12)15/h6-9,16,18,22H,3-5,10-11H2,1-2H3/p+1. The zero-order chi connectivity index (χ0) is 16.9. The molecule has 0 saturated carbocycles. The number of nitrogens with one attached hydrogen (secondary N) is 1. The zero-order valence-corrected chi connectivity index (χ0v) is 14.2. The molecule has 4 rings (SSSR count). The van der Waals surface area contributed by atoms with Gasteiger partial charge in [-0.05, 0) is 51.3 Å². The number of quaternary nitrogens is 1. The summed E-state index contributed by atoms with van der Waals surface area (Å²) in [7, 11) is 0. The quantitative estimate of drug-likeness (QED) is 0.777. The van der Waals surface area contributed by atoms with Gasteiger partial charge in [0, 0.05) is 11.5 Å². The molecule has 0 spiro atoms. The van der Waals surface area contributed by atoms with Gasteiger partial charge in [-0.1, -0.05) is 0 Å². The highest BCUT2D eigenvalue weighted by molar-refractivity contribution is 5.82. The third kappa shape index (κ3) is 2.43. The van der Waals surface area contributed by atoms with Crippen LogP contribution < -0.4 is 15.3 Å². The molecule has 2 aliphatic heterocycles. The number of benzene rings is 1. The number of aliphatic hydroxyl groups is 1. The number of ether oxygens (including phenoxy) is 1. The molecular formula is C19H24NO4+. The first-order valence-electron chi connectivity index (χ1n) is 8.76. The number of hydrogen-bond donors (Lipinski definition) is 2. The number of piperidine rings is 1. The summed E-state index contributed by atoms with van der Waals surface area (Å²) >= 11 is 0. The van der Waals surface area contributed by atoms with Gasteiger partial charge in [-0.3, -0.25) is 0 Å². The summed E-state index contributed by atoms with van der Waals surface area (Å²) in [6, 6.07) is 6.91. The van der Waals surface area contributed by atoms with Gasteiger partial charge < -0.3 is 19.2 Å². The molecule has 1 fully saturated rings. The molecule has 3 heterocycles. The summed E-state index contributed by atoms with van der Waals surface area (Å²) < 4.78 is 11.6. The van der Waals surface area contributed by atoms with E-state index in [1.54, 1.807) is 6.07 Å². The maximum Gasteiger partial charge on any atom is 0.336 e. The minimum absolute atomic E-state index is 0.140. The maximum absolute atomic E-state index is 11.8. The van der Waals surface area contributed by atoms with Crippen LogP contribution in [0.4, 0.5) is 0 Å². The lowest BCUT2D eigenvalue weighted by atomic mass is 9.84. The van der Waals surface area contributed by atoms with E-state index in [1.165, 1.54) is 17.4 Å². The highest BCUT2D eigenvalue weighted by Gasteiger charge is 2.49. The third-order valence-electron chi connectivity index (χ3n) is 5.44. The number of hydrogen-bond acceptors (Lipinski definition) is 4. The van der Waals surface area contributed by atoms with Gasteiger partial charge in [-0.25, -0.2) is 4.79 Å². The number of rotatable bonds is 1. The highest BCUT2D eigenvalue weighted by atomic mass is 16.5. The van der Waals surface area contributed by atoms with Gasteiger partial charge in [0.15, 0.2) is 11.6 Å². The van der Waals surface area contributed by atoms with Crippen LogP contribution in [-0.4, -0.2) is 29.9 Å². The Hall–Kier alpha value is -1.85. The predicted molar refractivity (Wildman–Crippen MR) is 90.5 cm³/mol. The molecule has 5 nitrogen and oxygen atoms in total. The second-order valence-electron chi connectivity index (χ2n) is 7.50. The molecule has 2 unspecified atom stereocenters. The second kappa shape index (κ2) is 5.60. The normalized spacial score (nSPS) is 26.8. The monoisotopic (exact) mass is 330 g/mol. The Morgan fingerprint density at radius 2 is 1.83 bits per heavy atom. The fourth-order valence-corrected chi connectivity index (χ4v) is 4.17. The van der Waals surface area contributed by atoms with Crippen molar-refractivity contribution in [3.8, 4) is 5.75 Å². The van der Waals surface area contributed by atoms with Crippen molar-refractivity contribution in [2.45, 2.75) is 50.9 Å². The summed E-state index contributed by atoms with van der Waals surface area (Å²) in [5.74, 6) is 0.718. The van der Waals surface area contributed by atoms with Crippen molar-refractivity contribution in [3.63, 3.8) is 0 Å². The molecule has 24 heavy (non-hydrogen) atoms. The van der Waals surface area contributed by atoms with Crippen LogP contribution in [0.5, 0.6) is 5.75 Å². The Bertz CT molecular complexity index is 820. The molecule has 0 bridgehead atoms. The van der Waals surface area contributed by atoms with Crippen LogP contribution in [0.15, 0.2) is 33.5 Å². The highest BCUT2D eigenvalue weighted by Crippen LogP contribution is 2.42. The Morgan fingerprint density at radius 3 is 2.58 bits per heavy atom. The predicted octanol–water partition coefficient (Wildman–Crippen LogP) is 1.43. The van der Waals surface area contributed by atoms with Gasteiger partial charge in [-0.2, -0.15) is 0 Å². The van der Waals surface area contributed by atoms with Gasteiger partial charge >= 0.3 is 5.63 Å². The van der Waals surface area contributed by atoms with E-state index >= 15 is 0 Å². The summed E-state index contributed by atoms with van der Waals surface area (Å²) in [6.45, 7) is 5.88. The molecule has 0 aliphatic carbocycles. The molecule has 2 aliphatic rings. The van der Waals surface area contributed by atoms with Crippen LogP contribution in [0, 0.1) is 0 Å². The zero-order valence-electron chi connectivity index (χ0n) is 14.2. The molecule has 1 aromatic carbocycles. The fourth-order valence-electron chi connectivity index (χ4n) is 4.17. The van der Waals surface area contributed by atoms with Crippen molar-refractivity contribution in [2.24, 2.45) is 0 Å². The van der Waals surface area contributed by atoms with Crippen molar-refractivity contribution in [2.75, 3.05) is 13.1 Å². The fraction of sp³-hybridized carbons (Fsp3) is 0.526. The lowest BCUT2D eigenvalue weighted by molar-refractivity contribution is -0.941. The van der Waals surface area contributed by atoms with Crippen LogP contribution in [0.3, 0.4) is 0 Å². The van der Waals surface area contributed by atoms with E-state index in [-0.39, 0.29) is 11.7 Å². The van der Waals surface area contributed by atoms with E-state index < -0.39 is 11.7 Å². The van der Waals surface area contributed by atoms with E-state index in [1.807, 2.05) is 26.0 Å². The first-order chi connectivity index (χ1) is 11.5. The largest absolute Gasteiger partial charge is 0.484 e. The van der Waals surface area contributed by atoms with Crippen molar-refractivity contribution in [1.29, 1.82) is 0 Å². The Morgan fingerprint density at radius 1 is 1.12 bits per heavy atom. The molecule has 128 valence electrons. The van der Waals surface area contributed by atoms with E-state index in [0.717, 1.165) is 42.6 Å². The molecule has 1 aromatic heterocycles. The smallest absolute Gasteiger partial charge is 0.336 e. The molecule has 2 aromatic rings. The van der Waals surface area contributed by atoms with E-state index in [2.05, 4.69) is 0 Å². The van der Waals surface area contributed by atoms with Crippen LogP contribution in [0.1, 0.15) is 44.7 Å². The molecular weight excluding hydrogens is 306 g/mol. The average molecular weight is 330 g/mol. The topological polar surface area (TPSA) is 64.1 Å². The Balaban J connectivity index is 1.95. The third-order valence-corrected chi connectivity index (χ3v) is 5.44. The second-order valence-corrected chi connectivity index (χ2v) is 7.50. The van der Waals surface area contributed by atoms with Crippen molar-refractivity contribution in [3.05, 3.63) is 40.2 Å². The molecule has 0 amide bonds. The Labute approximate surface area is 140 Å². The van der Waals surface area contributed by atoms with Gasteiger partial charge in [0.1, 0.15) is 17.5 Å². The van der Waals surface area contributed by atoms with Gasteiger partial charge in [0.2, 0.25) is 0 Å². The lowest BCUT2D eigenvalue weighted by Gasteiger charge is -2.45. The molecule has 2 atom stereocenters. The summed E-state index contributed by atoms with van der Waals surface area (Å²) in [5.41, 5.74) is 0.347. The minimum atomic E-state index is -0.676. The number of aliphatic hydroxyl groups excluding tert-OH is 1.